The fourth-order valence-corrected chi connectivity index (χ4v) is 3.96. The van der Waals surface area contributed by atoms with E-state index in [1.807, 2.05) is 54.6 Å². The van der Waals surface area contributed by atoms with Gasteiger partial charge in [0.25, 0.3) is 0 Å². The molecule has 3 aromatic carbocycles. The summed E-state index contributed by atoms with van der Waals surface area (Å²) in [6.45, 7) is 4.56. The van der Waals surface area contributed by atoms with Gasteiger partial charge in [-0.3, -0.25) is 0 Å². The minimum atomic E-state index is -0.480. The lowest BCUT2D eigenvalue weighted by molar-refractivity contribution is 0.199. The Labute approximate surface area is 181 Å². The maximum absolute atomic E-state index is 9.81. The quantitative estimate of drug-likeness (QED) is 0.419. The minimum Gasteiger partial charge on any atom is -0.497 e. The van der Waals surface area contributed by atoms with Crippen molar-refractivity contribution in [2.75, 3.05) is 7.11 Å². The van der Waals surface area contributed by atoms with Crippen LogP contribution >= 0.6 is 11.6 Å². The van der Waals surface area contributed by atoms with Crippen molar-refractivity contribution in [1.29, 1.82) is 0 Å². The number of benzene rings is 3. The van der Waals surface area contributed by atoms with E-state index in [-0.39, 0.29) is 5.92 Å². The van der Waals surface area contributed by atoms with Crippen molar-refractivity contribution >= 4 is 22.6 Å². The van der Waals surface area contributed by atoms with Crippen LogP contribution in [0.5, 0.6) is 5.75 Å². The Balaban J connectivity index is 1.81. The molecular weight excluding hydrogens is 396 g/mol. The highest BCUT2D eigenvalue weighted by atomic mass is 35.5. The molecule has 0 saturated heterocycles. The van der Waals surface area contributed by atoms with Crippen LogP contribution in [0.1, 0.15) is 48.4 Å². The predicted octanol–water partition coefficient (Wildman–Crippen LogP) is 5.95. The van der Waals surface area contributed by atoms with E-state index in [1.165, 1.54) is 0 Å². The number of methoxy groups -OCH3 is 1. The topological polar surface area (TPSA) is 47.3 Å². The van der Waals surface area contributed by atoms with E-state index in [2.05, 4.69) is 23.6 Å². The number of hydrogen-bond donors (Lipinski definition) is 1. The first kappa shape index (κ1) is 20.5. The molecule has 2 atom stereocenters. The first-order chi connectivity index (χ1) is 14.5. The number of fused-ring (bicyclic) bond motifs is 1. The molecule has 1 heterocycles. The Morgan fingerprint density at radius 1 is 1.00 bits per heavy atom. The number of aliphatic hydroxyl groups excluding tert-OH is 1. The molecule has 5 heteroatoms. The summed E-state index contributed by atoms with van der Waals surface area (Å²) in [5, 5.41) is 10.6. The van der Waals surface area contributed by atoms with E-state index >= 15 is 0 Å². The van der Waals surface area contributed by atoms with Gasteiger partial charge in [-0.25, -0.2) is 4.98 Å². The molecule has 2 unspecified atom stereocenters. The third-order valence-electron chi connectivity index (χ3n) is 5.58. The molecule has 0 aliphatic heterocycles. The highest BCUT2D eigenvalue weighted by Crippen LogP contribution is 2.31. The fourth-order valence-electron chi connectivity index (χ4n) is 3.76. The number of hydrogen-bond acceptors (Lipinski definition) is 3. The Hall–Kier alpha value is -2.82. The van der Waals surface area contributed by atoms with Crippen molar-refractivity contribution in [1.82, 2.24) is 9.55 Å². The third kappa shape index (κ3) is 3.93. The van der Waals surface area contributed by atoms with Crippen LogP contribution in [-0.4, -0.2) is 21.8 Å². The highest BCUT2D eigenvalue weighted by molar-refractivity contribution is 6.31. The van der Waals surface area contributed by atoms with Gasteiger partial charge in [-0.05, 0) is 41.8 Å². The summed E-state index contributed by atoms with van der Waals surface area (Å²) in [6.07, 6.45) is -0.480. The van der Waals surface area contributed by atoms with Gasteiger partial charge in [0, 0.05) is 17.0 Å². The standard InChI is InChI=1S/C25H25ClN2O2/c1-16(18-8-10-19(11-9-18)17(2)29)25-27-23-14-21(30-3)12-13-24(23)28(25)15-20-6-4-5-7-22(20)26/h4-14,16-17,29H,15H2,1-3H3. The summed E-state index contributed by atoms with van der Waals surface area (Å²) in [7, 11) is 1.66. The van der Waals surface area contributed by atoms with Crippen molar-refractivity contribution in [3.05, 3.63) is 94.3 Å². The Bertz CT molecular complexity index is 1170. The van der Waals surface area contributed by atoms with Crippen LogP contribution in [0.4, 0.5) is 0 Å². The van der Waals surface area contributed by atoms with Gasteiger partial charge in [0.1, 0.15) is 11.6 Å². The van der Waals surface area contributed by atoms with Crippen LogP contribution in [0, 0.1) is 0 Å². The van der Waals surface area contributed by atoms with E-state index in [0.717, 1.165) is 44.3 Å². The van der Waals surface area contributed by atoms with Crippen LogP contribution in [0.15, 0.2) is 66.7 Å². The molecule has 4 aromatic rings. The van der Waals surface area contributed by atoms with Crippen LogP contribution in [0.3, 0.4) is 0 Å². The molecule has 0 amide bonds. The normalized spacial score (nSPS) is 13.4. The molecule has 1 N–H and O–H groups in total. The number of aliphatic hydroxyl groups is 1. The van der Waals surface area contributed by atoms with Crippen molar-refractivity contribution in [3.63, 3.8) is 0 Å². The smallest absolute Gasteiger partial charge is 0.121 e. The third-order valence-corrected chi connectivity index (χ3v) is 5.95. The van der Waals surface area contributed by atoms with E-state index in [4.69, 9.17) is 21.3 Å². The number of aromatic nitrogens is 2. The fraction of sp³-hybridized carbons (Fsp3) is 0.240. The second-order valence-electron chi connectivity index (χ2n) is 7.57. The number of rotatable bonds is 6. The molecule has 4 nitrogen and oxygen atoms in total. The van der Waals surface area contributed by atoms with Crippen LogP contribution < -0.4 is 4.74 Å². The molecule has 0 aliphatic carbocycles. The van der Waals surface area contributed by atoms with Gasteiger partial charge in [0.05, 0.1) is 30.8 Å². The molecule has 1 aromatic heterocycles. The molecule has 30 heavy (non-hydrogen) atoms. The summed E-state index contributed by atoms with van der Waals surface area (Å²) in [5.74, 6) is 1.81. The van der Waals surface area contributed by atoms with Gasteiger partial charge < -0.3 is 14.4 Å². The van der Waals surface area contributed by atoms with Gasteiger partial charge >= 0.3 is 0 Å². The SMILES string of the molecule is COc1ccc2c(c1)nc(C(C)c1ccc(C(C)O)cc1)n2Cc1ccccc1Cl. The van der Waals surface area contributed by atoms with E-state index in [0.29, 0.717) is 6.54 Å². The van der Waals surface area contributed by atoms with Gasteiger partial charge in [-0.2, -0.15) is 0 Å². The molecule has 0 radical (unpaired) electrons. The molecule has 0 bridgehead atoms. The zero-order valence-corrected chi connectivity index (χ0v) is 18.1. The van der Waals surface area contributed by atoms with E-state index in [1.54, 1.807) is 14.0 Å². The lowest BCUT2D eigenvalue weighted by Gasteiger charge is -2.17. The van der Waals surface area contributed by atoms with Gasteiger partial charge in [-0.1, -0.05) is 61.0 Å². The molecule has 154 valence electrons. The van der Waals surface area contributed by atoms with Gasteiger partial charge in [0.2, 0.25) is 0 Å². The minimum absolute atomic E-state index is 0.0638. The number of imidazole rings is 1. The average molecular weight is 421 g/mol. The second-order valence-corrected chi connectivity index (χ2v) is 7.97. The Morgan fingerprint density at radius 3 is 2.37 bits per heavy atom. The molecule has 4 rings (SSSR count). The summed E-state index contributed by atoms with van der Waals surface area (Å²) in [5.41, 5.74) is 5.02. The highest BCUT2D eigenvalue weighted by Gasteiger charge is 2.20. The van der Waals surface area contributed by atoms with Crippen LogP contribution in [-0.2, 0) is 6.54 Å². The number of ether oxygens (including phenoxy) is 1. The van der Waals surface area contributed by atoms with Crippen LogP contribution in [0.2, 0.25) is 5.02 Å². The second kappa shape index (κ2) is 8.50. The average Bonchev–Trinajstić information content (AvgIpc) is 3.12. The molecule has 0 spiro atoms. The maximum atomic E-state index is 9.81. The van der Waals surface area contributed by atoms with E-state index < -0.39 is 6.10 Å². The lowest BCUT2D eigenvalue weighted by Crippen LogP contribution is -2.10. The van der Waals surface area contributed by atoms with E-state index in [9.17, 15) is 5.11 Å². The van der Waals surface area contributed by atoms with Crippen molar-refractivity contribution in [2.45, 2.75) is 32.4 Å². The molecule has 0 saturated carbocycles. The summed E-state index contributed by atoms with van der Waals surface area (Å²) in [6, 6.07) is 21.9. The number of nitrogens with zero attached hydrogens (tertiary/aromatic N) is 2. The Morgan fingerprint density at radius 2 is 1.70 bits per heavy atom. The zero-order valence-electron chi connectivity index (χ0n) is 17.3. The molecular formula is C25H25ClN2O2. The first-order valence-corrected chi connectivity index (χ1v) is 10.4. The number of halogens is 1. The zero-order chi connectivity index (χ0) is 21.3. The van der Waals surface area contributed by atoms with Crippen molar-refractivity contribution in [3.8, 4) is 5.75 Å². The lowest BCUT2D eigenvalue weighted by atomic mass is 9.98. The first-order valence-electron chi connectivity index (χ1n) is 10.0. The predicted molar refractivity (Wildman–Crippen MR) is 121 cm³/mol. The monoisotopic (exact) mass is 420 g/mol. The van der Waals surface area contributed by atoms with Gasteiger partial charge in [-0.15, -0.1) is 0 Å². The Kier molecular flexibility index (Phi) is 5.80. The van der Waals surface area contributed by atoms with Gasteiger partial charge in [0.15, 0.2) is 0 Å². The summed E-state index contributed by atoms with van der Waals surface area (Å²) in [4.78, 5) is 4.97. The summed E-state index contributed by atoms with van der Waals surface area (Å²) >= 11 is 6.46. The molecule has 0 aliphatic rings. The van der Waals surface area contributed by atoms with Crippen molar-refractivity contribution < 1.29 is 9.84 Å². The van der Waals surface area contributed by atoms with Crippen molar-refractivity contribution in [2.24, 2.45) is 0 Å². The van der Waals surface area contributed by atoms with Crippen LogP contribution in [0.25, 0.3) is 11.0 Å². The summed E-state index contributed by atoms with van der Waals surface area (Å²) < 4.78 is 7.62. The maximum Gasteiger partial charge on any atom is 0.121 e. The largest absolute Gasteiger partial charge is 0.497 e. The molecule has 0 fully saturated rings.